The van der Waals surface area contributed by atoms with E-state index in [4.69, 9.17) is 10.8 Å². The number of carbonyl (C=O) groups is 1. The molecule has 1 atom stereocenters. The number of carbonyl (C=O) groups excluding carboxylic acids is 1. The van der Waals surface area contributed by atoms with E-state index >= 15 is 0 Å². The van der Waals surface area contributed by atoms with Crippen LogP contribution < -0.4 is 0 Å². The van der Waals surface area contributed by atoms with Gasteiger partial charge in [-0.15, -0.1) is 12.3 Å². The van der Waals surface area contributed by atoms with Crippen LogP contribution in [0.2, 0.25) is 0 Å². The van der Waals surface area contributed by atoms with Crippen LogP contribution in [-0.4, -0.2) is 23.9 Å². The zero-order valence-corrected chi connectivity index (χ0v) is 8.48. The summed E-state index contributed by atoms with van der Waals surface area (Å²) in [7, 11) is 0. The molecule has 0 bridgehead atoms. The van der Waals surface area contributed by atoms with Gasteiger partial charge in [0.1, 0.15) is 5.76 Å². The summed E-state index contributed by atoms with van der Waals surface area (Å²) >= 11 is 0. The molecule has 1 amide bonds. The molecule has 1 aliphatic heterocycles. The van der Waals surface area contributed by atoms with Crippen molar-refractivity contribution >= 4 is 5.91 Å². The Hall–Kier alpha value is -1.69. The maximum Gasteiger partial charge on any atom is 0.223 e. The second-order valence-corrected chi connectivity index (χ2v) is 3.74. The van der Waals surface area contributed by atoms with E-state index in [9.17, 15) is 4.79 Å². The van der Waals surface area contributed by atoms with E-state index < -0.39 is 0 Å². The third-order valence-electron chi connectivity index (χ3n) is 2.66. The first kappa shape index (κ1) is 9.85. The summed E-state index contributed by atoms with van der Waals surface area (Å²) in [6.07, 6.45) is 8.20. The minimum absolute atomic E-state index is 0.0918. The van der Waals surface area contributed by atoms with Crippen LogP contribution in [0.3, 0.4) is 0 Å². The smallest absolute Gasteiger partial charge is 0.223 e. The lowest BCUT2D eigenvalue weighted by atomic mass is 10.1. The molecule has 1 saturated heterocycles. The monoisotopic (exact) mass is 203 g/mol. The summed E-state index contributed by atoms with van der Waals surface area (Å²) in [6, 6.07) is 3.77. The van der Waals surface area contributed by atoms with Crippen LogP contribution in [-0.2, 0) is 11.2 Å². The molecular formula is C12H13NO2. The molecule has 1 aromatic rings. The summed E-state index contributed by atoms with van der Waals surface area (Å²) < 4.78 is 5.20. The van der Waals surface area contributed by atoms with Gasteiger partial charge in [-0.05, 0) is 12.1 Å². The summed E-state index contributed by atoms with van der Waals surface area (Å²) in [4.78, 5) is 13.3. The highest BCUT2D eigenvalue weighted by Gasteiger charge is 2.27. The van der Waals surface area contributed by atoms with Crippen molar-refractivity contribution in [3.8, 4) is 12.3 Å². The molecule has 0 radical (unpaired) electrons. The first-order valence-corrected chi connectivity index (χ1v) is 5.06. The van der Waals surface area contributed by atoms with E-state index in [2.05, 4.69) is 5.92 Å². The van der Waals surface area contributed by atoms with E-state index in [1.54, 1.807) is 6.26 Å². The molecule has 2 rings (SSSR count). The van der Waals surface area contributed by atoms with Crippen molar-refractivity contribution in [3.63, 3.8) is 0 Å². The van der Waals surface area contributed by atoms with E-state index in [1.807, 2.05) is 17.0 Å². The van der Waals surface area contributed by atoms with Gasteiger partial charge in [0.15, 0.2) is 0 Å². The Kier molecular flexibility index (Phi) is 2.77. The highest BCUT2D eigenvalue weighted by Crippen LogP contribution is 2.17. The van der Waals surface area contributed by atoms with Gasteiger partial charge in [-0.1, -0.05) is 0 Å². The molecule has 0 aromatic carbocycles. The topological polar surface area (TPSA) is 33.5 Å². The van der Waals surface area contributed by atoms with Gasteiger partial charge in [0.05, 0.1) is 6.26 Å². The summed E-state index contributed by atoms with van der Waals surface area (Å²) in [5, 5.41) is 0. The van der Waals surface area contributed by atoms with Crippen molar-refractivity contribution in [2.45, 2.75) is 12.8 Å². The minimum Gasteiger partial charge on any atom is -0.469 e. The number of likely N-dealkylation sites (tertiary alicyclic amines) is 1. The number of nitrogens with zero attached hydrogens (tertiary/aromatic N) is 1. The summed E-state index contributed by atoms with van der Waals surface area (Å²) in [5.74, 6) is 3.79. The fourth-order valence-electron chi connectivity index (χ4n) is 1.80. The second-order valence-electron chi connectivity index (χ2n) is 3.74. The largest absolute Gasteiger partial charge is 0.469 e. The lowest BCUT2D eigenvalue weighted by Crippen LogP contribution is -2.27. The summed E-state index contributed by atoms with van der Waals surface area (Å²) in [5.41, 5.74) is 0. The predicted octanol–water partition coefficient (Wildman–Crippen LogP) is 1.30. The second kappa shape index (κ2) is 4.22. The zero-order chi connectivity index (χ0) is 10.7. The number of amides is 1. The van der Waals surface area contributed by atoms with Crippen molar-refractivity contribution < 1.29 is 9.21 Å². The van der Waals surface area contributed by atoms with Crippen LogP contribution in [0.1, 0.15) is 12.2 Å². The maximum absolute atomic E-state index is 11.5. The first-order valence-electron chi connectivity index (χ1n) is 5.06. The van der Waals surface area contributed by atoms with Crippen molar-refractivity contribution in [2.24, 2.45) is 5.92 Å². The average molecular weight is 203 g/mol. The number of hydrogen-bond acceptors (Lipinski definition) is 2. The quantitative estimate of drug-likeness (QED) is 0.694. The normalized spacial score (nSPS) is 20.6. The van der Waals surface area contributed by atoms with Crippen LogP contribution >= 0.6 is 0 Å². The van der Waals surface area contributed by atoms with E-state index in [1.165, 1.54) is 0 Å². The van der Waals surface area contributed by atoms with Gasteiger partial charge in [0.2, 0.25) is 5.91 Å². The molecule has 2 heterocycles. The molecule has 0 N–H and O–H groups in total. The molecule has 78 valence electrons. The third-order valence-corrected chi connectivity index (χ3v) is 2.66. The lowest BCUT2D eigenvalue weighted by molar-refractivity contribution is -0.127. The van der Waals surface area contributed by atoms with Crippen LogP contribution in [0.5, 0.6) is 0 Å². The Morgan fingerprint density at radius 1 is 1.67 bits per heavy atom. The fraction of sp³-hybridized carbons (Fsp3) is 0.417. The Labute approximate surface area is 89.1 Å². The predicted molar refractivity (Wildman–Crippen MR) is 55.9 cm³/mol. The first-order chi connectivity index (χ1) is 7.29. The van der Waals surface area contributed by atoms with Gasteiger partial charge in [-0.25, -0.2) is 0 Å². The van der Waals surface area contributed by atoms with Gasteiger partial charge in [-0.2, -0.15) is 0 Å². The van der Waals surface area contributed by atoms with Gasteiger partial charge in [-0.3, -0.25) is 4.79 Å². The van der Waals surface area contributed by atoms with Crippen molar-refractivity contribution in [3.05, 3.63) is 24.2 Å². The molecule has 3 heteroatoms. The van der Waals surface area contributed by atoms with Gasteiger partial charge in [0.25, 0.3) is 0 Å². The number of hydrogen-bond donors (Lipinski definition) is 0. The number of terminal acetylenes is 1. The standard InChI is InChI=1S/C12H13NO2/c1-2-10-8-12(14)13(9-10)6-5-11-4-3-7-15-11/h1,3-4,7,10H,5-6,8-9H2. The molecule has 1 aromatic heterocycles. The molecule has 0 spiro atoms. The highest BCUT2D eigenvalue weighted by molar-refractivity contribution is 5.79. The molecule has 15 heavy (non-hydrogen) atoms. The molecule has 0 saturated carbocycles. The van der Waals surface area contributed by atoms with Gasteiger partial charge < -0.3 is 9.32 Å². The zero-order valence-electron chi connectivity index (χ0n) is 8.48. The van der Waals surface area contributed by atoms with Gasteiger partial charge >= 0.3 is 0 Å². The SMILES string of the molecule is C#CC1CC(=O)N(CCc2ccco2)C1. The third kappa shape index (κ3) is 2.21. The van der Waals surface area contributed by atoms with Crippen LogP contribution in [0, 0.1) is 18.3 Å². The molecule has 1 aliphatic rings. The van der Waals surface area contributed by atoms with E-state index in [0.717, 1.165) is 12.2 Å². The van der Waals surface area contributed by atoms with Crippen LogP contribution in [0.25, 0.3) is 0 Å². The Balaban J connectivity index is 1.86. The van der Waals surface area contributed by atoms with Gasteiger partial charge in [0, 0.05) is 31.8 Å². The van der Waals surface area contributed by atoms with E-state index in [-0.39, 0.29) is 11.8 Å². The number of rotatable bonds is 3. The molecular weight excluding hydrogens is 190 g/mol. The number of furan rings is 1. The van der Waals surface area contributed by atoms with Crippen molar-refractivity contribution in [1.82, 2.24) is 4.90 Å². The Bertz CT molecular complexity index is 375. The molecule has 1 unspecified atom stereocenters. The lowest BCUT2D eigenvalue weighted by Gasteiger charge is -2.14. The average Bonchev–Trinajstić information content (AvgIpc) is 2.84. The molecule has 3 nitrogen and oxygen atoms in total. The van der Waals surface area contributed by atoms with E-state index in [0.29, 0.717) is 19.5 Å². The maximum atomic E-state index is 11.5. The minimum atomic E-state index is 0.0918. The summed E-state index contributed by atoms with van der Waals surface area (Å²) in [6.45, 7) is 1.39. The van der Waals surface area contributed by atoms with Crippen molar-refractivity contribution in [1.29, 1.82) is 0 Å². The highest BCUT2D eigenvalue weighted by atomic mass is 16.3. The van der Waals surface area contributed by atoms with Crippen molar-refractivity contribution in [2.75, 3.05) is 13.1 Å². The Morgan fingerprint density at radius 3 is 3.13 bits per heavy atom. The fourth-order valence-corrected chi connectivity index (χ4v) is 1.80. The molecule has 0 aliphatic carbocycles. The molecule has 1 fully saturated rings. The van der Waals surface area contributed by atoms with Crippen LogP contribution in [0.4, 0.5) is 0 Å². The Morgan fingerprint density at radius 2 is 2.53 bits per heavy atom. The van der Waals surface area contributed by atoms with Crippen LogP contribution in [0.15, 0.2) is 22.8 Å².